The summed E-state index contributed by atoms with van der Waals surface area (Å²) in [6.45, 7) is 5.45. The molecule has 0 bridgehead atoms. The van der Waals surface area contributed by atoms with Crippen LogP contribution in [0.4, 0.5) is 5.95 Å². The number of likely N-dealkylation sites (N-methyl/N-ethyl adjacent to an activating group) is 1. The van der Waals surface area contributed by atoms with E-state index in [1.165, 1.54) is 11.1 Å². The fraction of sp³-hybridized carbons (Fsp3) is 0.538. The first-order chi connectivity index (χ1) is 9.36. The van der Waals surface area contributed by atoms with Crippen LogP contribution >= 0.6 is 0 Å². The molecule has 0 aliphatic carbocycles. The van der Waals surface area contributed by atoms with Gasteiger partial charge in [0.05, 0.1) is 17.9 Å². The van der Waals surface area contributed by atoms with Crippen molar-refractivity contribution in [1.82, 2.24) is 14.9 Å². The van der Waals surface area contributed by atoms with Crippen molar-refractivity contribution in [1.29, 1.82) is 0 Å². The number of ether oxygens (including phenoxy) is 1. The summed E-state index contributed by atoms with van der Waals surface area (Å²) in [6.07, 6.45) is 1.40. The van der Waals surface area contributed by atoms with E-state index in [0.717, 1.165) is 0 Å². The van der Waals surface area contributed by atoms with Crippen molar-refractivity contribution < 1.29 is 14.3 Å². The van der Waals surface area contributed by atoms with Crippen molar-refractivity contribution in [3.63, 3.8) is 0 Å². The van der Waals surface area contributed by atoms with Gasteiger partial charge in [0.2, 0.25) is 11.9 Å². The topological polar surface area (TPSA) is 84.4 Å². The summed E-state index contributed by atoms with van der Waals surface area (Å²) in [5.41, 5.74) is 0.828. The van der Waals surface area contributed by atoms with Gasteiger partial charge in [-0.2, -0.15) is 0 Å². The third-order valence-electron chi connectivity index (χ3n) is 2.63. The summed E-state index contributed by atoms with van der Waals surface area (Å²) < 4.78 is 4.90. The summed E-state index contributed by atoms with van der Waals surface area (Å²) in [5, 5.41) is 2.90. The van der Waals surface area contributed by atoms with Gasteiger partial charge in [-0.05, 0) is 20.8 Å². The van der Waals surface area contributed by atoms with Crippen molar-refractivity contribution >= 4 is 17.8 Å². The average Bonchev–Trinajstić information content (AvgIpc) is 2.37. The van der Waals surface area contributed by atoms with Crippen molar-refractivity contribution in [2.24, 2.45) is 0 Å². The van der Waals surface area contributed by atoms with Crippen LogP contribution in [0.1, 0.15) is 29.9 Å². The molecule has 7 heteroatoms. The highest BCUT2D eigenvalue weighted by Gasteiger charge is 2.17. The lowest BCUT2D eigenvalue weighted by atomic mass is 10.2. The number of amides is 1. The van der Waals surface area contributed by atoms with Gasteiger partial charge in [0.25, 0.3) is 0 Å². The van der Waals surface area contributed by atoms with E-state index in [1.54, 1.807) is 34.9 Å². The minimum Gasteiger partial charge on any atom is -0.462 e. The summed E-state index contributed by atoms with van der Waals surface area (Å²) >= 11 is 0. The van der Waals surface area contributed by atoms with Crippen LogP contribution in [0, 0.1) is 6.92 Å². The molecule has 1 aromatic heterocycles. The maximum absolute atomic E-state index is 11.7. The zero-order valence-electron chi connectivity index (χ0n) is 12.4. The molecule has 0 aliphatic heterocycles. The number of hydrogen-bond acceptors (Lipinski definition) is 6. The fourth-order valence-electron chi connectivity index (χ4n) is 1.59. The SMILES string of the molecule is CCOC(=O)c1cnc(NC(C)C(=O)N(C)C)nc1C. The second-order valence-electron chi connectivity index (χ2n) is 4.51. The fourth-order valence-corrected chi connectivity index (χ4v) is 1.59. The lowest BCUT2D eigenvalue weighted by Gasteiger charge is -2.18. The Bertz CT molecular complexity index is 502. The summed E-state index contributed by atoms with van der Waals surface area (Å²) in [5.74, 6) is -0.229. The van der Waals surface area contributed by atoms with Gasteiger partial charge in [-0.25, -0.2) is 14.8 Å². The van der Waals surface area contributed by atoms with Gasteiger partial charge < -0.3 is 15.0 Å². The molecule has 110 valence electrons. The van der Waals surface area contributed by atoms with Crippen LogP contribution < -0.4 is 5.32 Å². The minimum atomic E-state index is -0.450. The monoisotopic (exact) mass is 280 g/mol. The Balaban J connectivity index is 2.82. The maximum atomic E-state index is 11.7. The molecule has 1 heterocycles. The minimum absolute atomic E-state index is 0.0827. The van der Waals surface area contributed by atoms with Gasteiger partial charge in [0, 0.05) is 20.3 Å². The molecule has 7 nitrogen and oxygen atoms in total. The van der Waals surface area contributed by atoms with Crippen LogP contribution in [0.5, 0.6) is 0 Å². The average molecular weight is 280 g/mol. The van der Waals surface area contributed by atoms with E-state index < -0.39 is 12.0 Å². The second-order valence-corrected chi connectivity index (χ2v) is 4.51. The number of aromatic nitrogens is 2. The first-order valence-corrected chi connectivity index (χ1v) is 6.35. The number of carbonyl (C=O) groups excluding carboxylic acids is 2. The Hall–Kier alpha value is -2.18. The van der Waals surface area contributed by atoms with Gasteiger partial charge in [0.15, 0.2) is 0 Å². The smallest absolute Gasteiger partial charge is 0.341 e. The van der Waals surface area contributed by atoms with Crippen molar-refractivity contribution in [2.75, 3.05) is 26.0 Å². The summed E-state index contributed by atoms with van der Waals surface area (Å²) in [7, 11) is 3.35. The lowest BCUT2D eigenvalue weighted by Crippen LogP contribution is -2.37. The largest absolute Gasteiger partial charge is 0.462 e. The molecule has 1 amide bonds. The molecule has 1 rings (SSSR count). The molecule has 0 saturated heterocycles. The molecule has 0 fully saturated rings. The normalized spacial score (nSPS) is 11.7. The lowest BCUT2D eigenvalue weighted by molar-refractivity contribution is -0.129. The van der Waals surface area contributed by atoms with E-state index in [4.69, 9.17) is 4.74 Å². The molecule has 1 aromatic rings. The number of nitrogens with one attached hydrogen (secondary N) is 1. The predicted molar refractivity (Wildman–Crippen MR) is 74.5 cm³/mol. The highest BCUT2D eigenvalue weighted by Crippen LogP contribution is 2.10. The molecular formula is C13H20N4O3. The summed E-state index contributed by atoms with van der Waals surface area (Å²) in [4.78, 5) is 33.0. The molecule has 20 heavy (non-hydrogen) atoms. The van der Waals surface area contributed by atoms with E-state index in [0.29, 0.717) is 23.8 Å². The highest BCUT2D eigenvalue weighted by atomic mass is 16.5. The number of nitrogens with zero attached hydrogens (tertiary/aromatic N) is 3. The van der Waals surface area contributed by atoms with Crippen LogP contribution in [0.3, 0.4) is 0 Å². The van der Waals surface area contributed by atoms with Crippen molar-refractivity contribution in [3.8, 4) is 0 Å². The van der Waals surface area contributed by atoms with Crippen LogP contribution in [0.2, 0.25) is 0 Å². The van der Waals surface area contributed by atoms with E-state index in [2.05, 4.69) is 15.3 Å². The first kappa shape index (κ1) is 15.9. The Morgan fingerprint density at radius 3 is 2.60 bits per heavy atom. The Labute approximate surface area is 118 Å². The van der Waals surface area contributed by atoms with Crippen LogP contribution in [0.15, 0.2) is 6.20 Å². The number of rotatable bonds is 5. The zero-order valence-corrected chi connectivity index (χ0v) is 12.4. The maximum Gasteiger partial charge on any atom is 0.341 e. The number of hydrogen-bond donors (Lipinski definition) is 1. The number of carbonyl (C=O) groups is 2. The third kappa shape index (κ3) is 3.91. The van der Waals surface area contributed by atoms with Gasteiger partial charge >= 0.3 is 5.97 Å². The molecular weight excluding hydrogens is 260 g/mol. The quantitative estimate of drug-likeness (QED) is 0.805. The van der Waals surface area contributed by atoms with Gasteiger partial charge in [-0.1, -0.05) is 0 Å². The first-order valence-electron chi connectivity index (χ1n) is 6.35. The number of aryl methyl sites for hydroxylation is 1. The summed E-state index contributed by atoms with van der Waals surface area (Å²) in [6, 6.07) is -0.446. The van der Waals surface area contributed by atoms with E-state index in [-0.39, 0.29) is 5.91 Å². The third-order valence-corrected chi connectivity index (χ3v) is 2.63. The molecule has 0 saturated carbocycles. The molecule has 0 radical (unpaired) electrons. The van der Waals surface area contributed by atoms with Gasteiger partial charge in [-0.3, -0.25) is 4.79 Å². The van der Waals surface area contributed by atoms with Crippen LogP contribution in [0.25, 0.3) is 0 Å². The second kappa shape index (κ2) is 6.83. The zero-order chi connectivity index (χ0) is 15.3. The number of anilines is 1. The van der Waals surface area contributed by atoms with Gasteiger partial charge in [0.1, 0.15) is 6.04 Å². The predicted octanol–water partition coefficient (Wildman–Crippen LogP) is 0.850. The standard InChI is InChI=1S/C13H20N4O3/c1-6-20-12(19)10-7-14-13(15-8(10)2)16-9(3)11(18)17(4)5/h7,9H,6H2,1-5H3,(H,14,15,16). The molecule has 1 atom stereocenters. The van der Waals surface area contributed by atoms with Crippen molar-refractivity contribution in [2.45, 2.75) is 26.8 Å². The van der Waals surface area contributed by atoms with Crippen LogP contribution in [-0.4, -0.2) is 53.5 Å². The van der Waals surface area contributed by atoms with Crippen molar-refractivity contribution in [3.05, 3.63) is 17.5 Å². The molecule has 0 aliphatic rings. The van der Waals surface area contributed by atoms with E-state index in [1.807, 2.05) is 0 Å². The molecule has 1 N–H and O–H groups in total. The van der Waals surface area contributed by atoms with E-state index >= 15 is 0 Å². The Kier molecular flexibility index (Phi) is 5.42. The highest BCUT2D eigenvalue weighted by molar-refractivity contribution is 5.90. The molecule has 0 spiro atoms. The Morgan fingerprint density at radius 1 is 1.45 bits per heavy atom. The van der Waals surface area contributed by atoms with E-state index in [9.17, 15) is 9.59 Å². The Morgan fingerprint density at radius 2 is 2.10 bits per heavy atom. The molecule has 1 unspecified atom stereocenters. The number of esters is 1. The van der Waals surface area contributed by atoms with Gasteiger partial charge in [-0.15, -0.1) is 0 Å². The van der Waals surface area contributed by atoms with Crippen LogP contribution in [-0.2, 0) is 9.53 Å². The molecule has 0 aromatic carbocycles.